The van der Waals surface area contributed by atoms with Crippen LogP contribution < -0.4 is 10.6 Å². The van der Waals surface area contributed by atoms with Crippen LogP contribution in [0.5, 0.6) is 0 Å². The fourth-order valence-corrected chi connectivity index (χ4v) is 10.8. The molecule has 2 saturated heterocycles. The van der Waals surface area contributed by atoms with Gasteiger partial charge in [-0.25, -0.2) is 19.6 Å². The van der Waals surface area contributed by atoms with Gasteiger partial charge in [0, 0.05) is 18.7 Å². The molecule has 14 nitrogen and oxygen atoms in total. The molecule has 0 radical (unpaired) electrons. The molecular formula is C49H64N8O6. The van der Waals surface area contributed by atoms with E-state index >= 15 is 0 Å². The number of nitrogens with one attached hydrogen (secondary N) is 4. The molecule has 4 heterocycles. The number of imidazole rings is 2. The topological polar surface area (TPSA) is 175 Å². The number of hydrogen-bond donors (Lipinski definition) is 4. The number of hydrogen-bond acceptors (Lipinski definition) is 8. The van der Waals surface area contributed by atoms with Gasteiger partial charge in [-0.3, -0.25) is 9.59 Å². The van der Waals surface area contributed by atoms with Crippen LogP contribution in [0.2, 0.25) is 0 Å². The van der Waals surface area contributed by atoms with E-state index in [9.17, 15) is 19.2 Å². The van der Waals surface area contributed by atoms with Gasteiger partial charge in [-0.1, -0.05) is 84.7 Å². The zero-order valence-corrected chi connectivity index (χ0v) is 38.0. The predicted molar refractivity (Wildman–Crippen MR) is 240 cm³/mol. The number of carbonyl (C=O) groups excluding carboxylic acids is 4. The lowest BCUT2D eigenvalue weighted by atomic mass is 9.83. The Bertz CT molecular complexity index is 2330. The summed E-state index contributed by atoms with van der Waals surface area (Å²) in [4.78, 5) is 72.9. The SMILES string of the molecule is COC(=O)NC(C(=O)N1CC(C)CC1c1ncc(-c2ccc(-c3cc4c(c(-c5cnc(C6CC(C)CN6C(=O)C(NC(=O)OC)C(C)C)[nH]5)c3)CC3(CCCC3)C4)cc2)[nH]1)C(C)C. The zero-order chi connectivity index (χ0) is 44.7. The maximum atomic E-state index is 14.0. The first-order valence-electron chi connectivity index (χ1n) is 22.8. The molecule has 8 rings (SSSR count). The van der Waals surface area contributed by atoms with Gasteiger partial charge in [0.25, 0.3) is 0 Å². The number of aromatic amines is 2. The molecule has 14 heteroatoms. The lowest BCUT2D eigenvalue weighted by Gasteiger charge is -2.30. The third-order valence-corrected chi connectivity index (χ3v) is 14.1. The van der Waals surface area contributed by atoms with Gasteiger partial charge in [0.2, 0.25) is 11.8 Å². The van der Waals surface area contributed by atoms with Crippen molar-refractivity contribution in [3.63, 3.8) is 0 Å². The summed E-state index contributed by atoms with van der Waals surface area (Å²) in [5.74, 6) is 1.53. The molecular weight excluding hydrogens is 797 g/mol. The van der Waals surface area contributed by atoms with Crippen LogP contribution in [-0.4, -0.2) is 93.1 Å². The van der Waals surface area contributed by atoms with Gasteiger partial charge in [0.1, 0.15) is 23.7 Å². The Hall–Kier alpha value is -5.66. The van der Waals surface area contributed by atoms with Crippen molar-refractivity contribution >= 4 is 24.0 Å². The molecule has 4 aliphatic rings. The highest BCUT2D eigenvalue weighted by atomic mass is 16.5. The van der Waals surface area contributed by atoms with Crippen LogP contribution in [0.4, 0.5) is 9.59 Å². The highest BCUT2D eigenvalue weighted by Gasteiger charge is 2.43. The van der Waals surface area contributed by atoms with Crippen molar-refractivity contribution in [3.8, 4) is 33.6 Å². The maximum absolute atomic E-state index is 14.0. The molecule has 2 aliphatic heterocycles. The number of ether oxygens (including phenoxy) is 2. The van der Waals surface area contributed by atoms with Crippen molar-refractivity contribution in [2.24, 2.45) is 29.1 Å². The van der Waals surface area contributed by atoms with Crippen LogP contribution >= 0.6 is 0 Å². The molecule has 4 amide bonds. The minimum Gasteiger partial charge on any atom is -0.453 e. The number of benzene rings is 2. The van der Waals surface area contributed by atoms with Crippen LogP contribution in [-0.2, 0) is 31.9 Å². The van der Waals surface area contributed by atoms with Crippen LogP contribution in [0.15, 0.2) is 48.8 Å². The van der Waals surface area contributed by atoms with Gasteiger partial charge in [0.15, 0.2) is 0 Å². The van der Waals surface area contributed by atoms with Gasteiger partial charge in [-0.2, -0.15) is 0 Å². The second kappa shape index (κ2) is 17.8. The van der Waals surface area contributed by atoms with E-state index in [0.29, 0.717) is 18.5 Å². The average molecular weight is 861 g/mol. The molecule has 3 fully saturated rings. The summed E-state index contributed by atoms with van der Waals surface area (Å²) in [6.07, 6.45) is 11.2. The number of fused-ring (bicyclic) bond motifs is 1. The van der Waals surface area contributed by atoms with E-state index in [0.717, 1.165) is 71.0 Å². The van der Waals surface area contributed by atoms with Crippen molar-refractivity contribution in [1.29, 1.82) is 0 Å². The average Bonchev–Trinajstić information content (AvgIpc) is 4.14. The zero-order valence-electron chi connectivity index (χ0n) is 38.0. The molecule has 6 atom stereocenters. The van der Waals surface area contributed by atoms with E-state index in [4.69, 9.17) is 19.4 Å². The first-order valence-corrected chi connectivity index (χ1v) is 22.8. The summed E-state index contributed by atoms with van der Waals surface area (Å²) in [5, 5.41) is 5.50. The van der Waals surface area contributed by atoms with Crippen molar-refractivity contribution in [2.45, 2.75) is 117 Å². The second-order valence-electron chi connectivity index (χ2n) is 19.6. The summed E-state index contributed by atoms with van der Waals surface area (Å²) < 4.78 is 9.67. The van der Waals surface area contributed by atoms with Gasteiger partial charge in [-0.05, 0) is 101 Å². The van der Waals surface area contributed by atoms with Crippen molar-refractivity contribution in [1.82, 2.24) is 40.4 Å². The minimum atomic E-state index is -0.707. The summed E-state index contributed by atoms with van der Waals surface area (Å²) in [6.45, 7) is 13.1. The first kappa shape index (κ1) is 44.0. The number of nitrogens with zero attached hydrogens (tertiary/aromatic N) is 4. The molecule has 1 saturated carbocycles. The molecule has 2 aliphatic carbocycles. The molecule has 6 unspecified atom stereocenters. The van der Waals surface area contributed by atoms with Crippen LogP contribution in [0.25, 0.3) is 33.6 Å². The third-order valence-electron chi connectivity index (χ3n) is 14.1. The highest BCUT2D eigenvalue weighted by molar-refractivity contribution is 5.87. The molecule has 63 heavy (non-hydrogen) atoms. The van der Waals surface area contributed by atoms with E-state index < -0.39 is 24.3 Å². The molecule has 1 spiro atoms. The third kappa shape index (κ3) is 8.82. The maximum Gasteiger partial charge on any atom is 0.407 e. The Morgan fingerprint density at radius 1 is 0.698 bits per heavy atom. The van der Waals surface area contributed by atoms with E-state index in [-0.39, 0.29) is 47.6 Å². The van der Waals surface area contributed by atoms with Crippen LogP contribution in [0.1, 0.15) is 115 Å². The van der Waals surface area contributed by atoms with E-state index in [1.165, 1.54) is 51.0 Å². The lowest BCUT2D eigenvalue weighted by Crippen LogP contribution is -2.51. The van der Waals surface area contributed by atoms with E-state index in [2.05, 4.69) is 70.8 Å². The summed E-state index contributed by atoms with van der Waals surface area (Å²) in [6, 6.07) is 11.4. The highest BCUT2D eigenvalue weighted by Crippen LogP contribution is 2.52. The van der Waals surface area contributed by atoms with E-state index in [1.54, 1.807) is 0 Å². The second-order valence-corrected chi connectivity index (χ2v) is 19.6. The van der Waals surface area contributed by atoms with Crippen molar-refractivity contribution in [2.75, 3.05) is 27.3 Å². The first-order chi connectivity index (χ1) is 30.2. The molecule has 336 valence electrons. The monoisotopic (exact) mass is 860 g/mol. The van der Waals surface area contributed by atoms with Crippen molar-refractivity contribution in [3.05, 3.63) is 71.6 Å². The number of rotatable bonds is 11. The molecule has 4 N–H and O–H groups in total. The minimum absolute atomic E-state index is 0.118. The Morgan fingerprint density at radius 3 is 1.70 bits per heavy atom. The molecule has 2 aromatic carbocycles. The number of aromatic nitrogens is 4. The van der Waals surface area contributed by atoms with Crippen LogP contribution in [0, 0.1) is 29.1 Å². The molecule has 0 bridgehead atoms. The molecule has 2 aromatic heterocycles. The Morgan fingerprint density at radius 2 is 1.19 bits per heavy atom. The van der Waals surface area contributed by atoms with Crippen molar-refractivity contribution < 1.29 is 28.7 Å². The Balaban J connectivity index is 1.06. The lowest BCUT2D eigenvalue weighted by molar-refractivity contribution is -0.136. The van der Waals surface area contributed by atoms with Gasteiger partial charge < -0.3 is 39.9 Å². The number of likely N-dealkylation sites (tertiary alicyclic amines) is 2. The molecule has 4 aromatic rings. The largest absolute Gasteiger partial charge is 0.453 e. The summed E-state index contributed by atoms with van der Waals surface area (Å²) in [7, 11) is 2.61. The summed E-state index contributed by atoms with van der Waals surface area (Å²) >= 11 is 0. The number of carbonyl (C=O) groups is 4. The smallest absolute Gasteiger partial charge is 0.407 e. The Kier molecular flexibility index (Phi) is 12.5. The number of H-pyrrole nitrogens is 2. The fourth-order valence-electron chi connectivity index (χ4n) is 10.8. The number of alkyl carbamates (subject to hydrolysis) is 2. The fraction of sp³-hybridized carbons (Fsp3) is 0.551. The number of methoxy groups -OCH3 is 2. The van der Waals surface area contributed by atoms with Gasteiger partial charge >= 0.3 is 12.2 Å². The predicted octanol–water partition coefficient (Wildman–Crippen LogP) is 8.37. The standard InChI is InChI=1S/C49H64N8O6/c1-27(2)41(54-47(60)62-7)45(58)56-25-29(5)17-39(56)43-50-23-37(52-43)32-13-11-31(12-14-32)33-19-34-21-49(15-9-10-16-49)22-36(34)35(20-33)38-24-51-44(53-38)40-18-30(6)26-57(40)46(59)42(28(3)4)55-48(61)63-8/h11-14,19-20,23-24,27-30,39-42H,9-10,15-18,21-22,25-26H2,1-8H3,(H,50,52)(H,51,53)(H,54,60)(H,55,61). The quantitative estimate of drug-likeness (QED) is 0.116. The van der Waals surface area contributed by atoms with Gasteiger partial charge in [-0.15, -0.1) is 0 Å². The number of amides is 4. The Labute approximate surface area is 370 Å². The van der Waals surface area contributed by atoms with Crippen LogP contribution in [0.3, 0.4) is 0 Å². The summed E-state index contributed by atoms with van der Waals surface area (Å²) in [5.41, 5.74) is 9.31. The van der Waals surface area contributed by atoms with E-state index in [1.807, 2.05) is 49.9 Å². The van der Waals surface area contributed by atoms with Gasteiger partial charge in [0.05, 0.1) is 50.1 Å². The normalized spacial score (nSPS) is 22.4.